The summed E-state index contributed by atoms with van der Waals surface area (Å²) in [4.78, 5) is 82.3. The minimum absolute atomic E-state index is 0.0241. The lowest BCUT2D eigenvalue weighted by atomic mass is 10.0. The lowest BCUT2D eigenvalue weighted by Gasteiger charge is -2.33. The van der Waals surface area contributed by atoms with Crippen molar-refractivity contribution in [2.45, 2.75) is 63.8 Å². The number of carbonyl (C=O) groups excluding carboxylic acids is 6. The molecule has 3 heterocycles. The van der Waals surface area contributed by atoms with Gasteiger partial charge in [-0.05, 0) is 31.9 Å². The van der Waals surface area contributed by atoms with E-state index in [1.165, 1.54) is 21.6 Å². The van der Waals surface area contributed by atoms with Crippen molar-refractivity contribution >= 4 is 57.1 Å². The van der Waals surface area contributed by atoms with E-state index in [2.05, 4.69) is 26.2 Å². The smallest absolute Gasteiger partial charge is 0.326 e. The van der Waals surface area contributed by atoms with Crippen molar-refractivity contribution in [3.05, 3.63) is 12.2 Å². The Hall–Kier alpha value is -2.78. The highest BCUT2D eigenvalue weighted by Crippen LogP contribution is 2.24. The van der Waals surface area contributed by atoms with Crippen LogP contribution < -0.4 is 21.3 Å². The van der Waals surface area contributed by atoms with E-state index in [0.29, 0.717) is 25.3 Å². The molecule has 0 aromatic rings. The summed E-state index contributed by atoms with van der Waals surface area (Å²) in [5.74, 6) is -2.58. The summed E-state index contributed by atoms with van der Waals surface area (Å²) in [6, 6.07) is -3.08. The van der Waals surface area contributed by atoms with Crippen LogP contribution in [0.25, 0.3) is 0 Å². The third-order valence-corrected chi connectivity index (χ3v) is 9.59. The van der Waals surface area contributed by atoms with Gasteiger partial charge in [0.1, 0.15) is 30.8 Å². The van der Waals surface area contributed by atoms with Gasteiger partial charge in [-0.15, -0.1) is 0 Å². The van der Waals surface area contributed by atoms with Crippen LogP contribution in [-0.4, -0.2) is 121 Å². The monoisotopic (exact) mass is 626 g/mol. The standard InChI is InChI=1S/C27H42N6O7S2/c1-17(2)24-27(39)28-15-23(36)40-18-6-4-5-13-41-42-16-20(26(38)31-24)30-25(37)19(29-21(34)14-18)7-8-22(35)33-11-9-32(3)10-12-33/h4,6,17-20,24H,5,7-16H2,1-3H3,(H,28,39)(H,29,34)(H,30,37)(H,31,38)/b6-4+/t18-,19-,20+,24-/m1/s1. The number of carbonyl (C=O) groups is 6. The second-order valence-corrected chi connectivity index (χ2v) is 13.5. The van der Waals surface area contributed by atoms with Crippen LogP contribution in [0.5, 0.6) is 0 Å². The summed E-state index contributed by atoms with van der Waals surface area (Å²) in [5, 5.41) is 10.7. The maximum absolute atomic E-state index is 13.5. The second-order valence-electron chi connectivity index (χ2n) is 10.9. The first-order valence-corrected chi connectivity index (χ1v) is 16.8. The van der Waals surface area contributed by atoms with Crippen LogP contribution in [0.4, 0.5) is 0 Å². The summed E-state index contributed by atoms with van der Waals surface area (Å²) in [5.41, 5.74) is 0. The number of allylic oxidation sites excluding steroid dienone is 1. The van der Waals surface area contributed by atoms with Crippen molar-refractivity contribution < 1.29 is 33.5 Å². The average molecular weight is 627 g/mol. The van der Waals surface area contributed by atoms with E-state index in [1.54, 1.807) is 24.8 Å². The molecule has 0 saturated carbocycles. The largest absolute Gasteiger partial charge is 0.456 e. The topological polar surface area (TPSA) is 166 Å². The molecule has 234 valence electrons. The molecule has 4 N–H and O–H groups in total. The van der Waals surface area contributed by atoms with E-state index in [9.17, 15) is 28.8 Å². The van der Waals surface area contributed by atoms with Gasteiger partial charge in [0.05, 0.1) is 6.42 Å². The molecule has 15 heteroatoms. The fraction of sp³-hybridized carbons (Fsp3) is 0.704. The first kappa shape index (κ1) is 33.7. The lowest BCUT2D eigenvalue weighted by molar-refractivity contribution is -0.148. The summed E-state index contributed by atoms with van der Waals surface area (Å²) in [6.45, 7) is 5.74. The zero-order valence-corrected chi connectivity index (χ0v) is 26.0. The van der Waals surface area contributed by atoms with Crippen LogP contribution in [-0.2, 0) is 33.5 Å². The molecule has 0 aromatic heterocycles. The summed E-state index contributed by atoms with van der Waals surface area (Å²) in [7, 11) is 4.90. The van der Waals surface area contributed by atoms with Crippen LogP contribution in [0.2, 0.25) is 0 Å². The Balaban J connectivity index is 1.88. The molecule has 0 aliphatic carbocycles. The number of esters is 1. The first-order valence-electron chi connectivity index (χ1n) is 14.3. The molecule has 3 aliphatic rings. The number of hydrogen-bond acceptors (Lipinski definition) is 10. The fourth-order valence-electron chi connectivity index (χ4n) is 4.60. The molecule has 13 nitrogen and oxygen atoms in total. The van der Waals surface area contributed by atoms with Crippen molar-refractivity contribution in [2.75, 3.05) is 51.3 Å². The Bertz CT molecular complexity index is 1030. The van der Waals surface area contributed by atoms with E-state index in [4.69, 9.17) is 4.74 Å². The Morgan fingerprint density at radius 1 is 1.00 bits per heavy atom. The highest BCUT2D eigenvalue weighted by Gasteiger charge is 2.33. The molecule has 4 atom stereocenters. The van der Waals surface area contributed by atoms with E-state index in [1.807, 2.05) is 13.1 Å². The van der Waals surface area contributed by atoms with Crippen molar-refractivity contribution in [1.29, 1.82) is 0 Å². The van der Waals surface area contributed by atoms with Crippen LogP contribution >= 0.6 is 21.6 Å². The number of ether oxygens (including phenoxy) is 1. The van der Waals surface area contributed by atoms with E-state index in [-0.39, 0.29) is 36.8 Å². The van der Waals surface area contributed by atoms with Crippen LogP contribution in [0, 0.1) is 5.92 Å². The first-order chi connectivity index (χ1) is 20.0. The van der Waals surface area contributed by atoms with E-state index in [0.717, 1.165) is 13.1 Å². The van der Waals surface area contributed by atoms with Gasteiger partial charge in [0.25, 0.3) is 0 Å². The molecular formula is C27H42N6O7S2. The van der Waals surface area contributed by atoms with Gasteiger partial charge in [-0.3, -0.25) is 28.8 Å². The zero-order chi connectivity index (χ0) is 30.6. The van der Waals surface area contributed by atoms with Gasteiger partial charge >= 0.3 is 5.97 Å². The summed E-state index contributed by atoms with van der Waals surface area (Å²) >= 11 is 0. The van der Waals surface area contributed by atoms with Crippen molar-refractivity contribution in [3.8, 4) is 0 Å². The Morgan fingerprint density at radius 3 is 2.45 bits per heavy atom. The van der Waals surface area contributed by atoms with Crippen LogP contribution in [0.1, 0.15) is 39.5 Å². The molecule has 5 amide bonds. The number of amides is 5. The molecule has 42 heavy (non-hydrogen) atoms. The third-order valence-electron chi connectivity index (χ3n) is 7.15. The third kappa shape index (κ3) is 10.8. The van der Waals surface area contributed by atoms with E-state index >= 15 is 0 Å². The highest BCUT2D eigenvalue weighted by molar-refractivity contribution is 8.76. The van der Waals surface area contributed by atoms with Crippen molar-refractivity contribution in [2.24, 2.45) is 5.92 Å². The molecule has 0 unspecified atom stereocenters. The van der Waals surface area contributed by atoms with E-state index < -0.39 is 60.4 Å². The number of rotatable bonds is 4. The maximum atomic E-state index is 13.5. The number of fused-ring (bicyclic) bond motifs is 7. The molecule has 0 aromatic carbocycles. The van der Waals surface area contributed by atoms with Gasteiger partial charge in [-0.2, -0.15) is 0 Å². The number of likely N-dealkylation sites (N-methyl/N-ethyl adjacent to an activating group) is 1. The normalized spacial score (nSPS) is 28.6. The number of nitrogens with zero attached hydrogens (tertiary/aromatic N) is 2. The molecule has 2 saturated heterocycles. The van der Waals surface area contributed by atoms with Crippen LogP contribution in [0.3, 0.4) is 0 Å². The quantitative estimate of drug-likeness (QED) is 0.180. The Labute approximate surface area is 254 Å². The van der Waals surface area contributed by atoms with Crippen molar-refractivity contribution in [1.82, 2.24) is 31.1 Å². The molecule has 3 rings (SSSR count). The second kappa shape index (κ2) is 16.8. The maximum Gasteiger partial charge on any atom is 0.326 e. The number of nitrogens with one attached hydrogen (secondary N) is 4. The summed E-state index contributed by atoms with van der Waals surface area (Å²) < 4.78 is 5.48. The highest BCUT2D eigenvalue weighted by atomic mass is 33.1. The molecular weight excluding hydrogens is 584 g/mol. The number of piperazine rings is 1. The van der Waals surface area contributed by atoms with Gasteiger partial charge in [0, 0.05) is 44.1 Å². The SMILES string of the molecule is CC(C)[C@H]1NC(=O)[C@@H]2CSSCC/C=C/[C@H](CC(=O)N[C@H](CCC(=O)N3CCN(C)CC3)C(=O)N2)OC(=O)CNC1=O. The molecule has 0 radical (unpaired) electrons. The molecule has 0 spiro atoms. The fourth-order valence-corrected chi connectivity index (χ4v) is 6.75. The van der Waals surface area contributed by atoms with Crippen molar-refractivity contribution in [3.63, 3.8) is 0 Å². The van der Waals surface area contributed by atoms with Crippen LogP contribution in [0.15, 0.2) is 12.2 Å². The molecule has 2 fully saturated rings. The number of hydrogen-bond donors (Lipinski definition) is 4. The van der Waals surface area contributed by atoms with Gasteiger partial charge in [0.15, 0.2) is 0 Å². The minimum Gasteiger partial charge on any atom is -0.456 e. The molecule has 3 aliphatic heterocycles. The lowest BCUT2D eigenvalue weighted by Crippen LogP contribution is -2.59. The van der Waals surface area contributed by atoms with Gasteiger partial charge in [-0.1, -0.05) is 41.5 Å². The summed E-state index contributed by atoms with van der Waals surface area (Å²) in [6.07, 6.45) is 2.93. The van der Waals surface area contributed by atoms with Gasteiger partial charge < -0.3 is 35.8 Å². The predicted molar refractivity (Wildman–Crippen MR) is 160 cm³/mol. The Morgan fingerprint density at radius 2 is 1.74 bits per heavy atom. The average Bonchev–Trinajstić information content (AvgIpc) is 2.94. The minimum atomic E-state index is -1.11. The zero-order valence-electron chi connectivity index (χ0n) is 24.4. The molecule has 2 bridgehead atoms. The van der Waals surface area contributed by atoms with Gasteiger partial charge in [-0.25, -0.2) is 0 Å². The predicted octanol–water partition coefficient (Wildman–Crippen LogP) is -0.576. The van der Waals surface area contributed by atoms with Gasteiger partial charge in [0.2, 0.25) is 29.5 Å². The Kier molecular flexibility index (Phi) is 13.4.